The molecule has 0 atom stereocenters. The number of carboxylic acids is 1. The first-order valence-electron chi connectivity index (χ1n) is 9.43. The van der Waals surface area contributed by atoms with Gasteiger partial charge in [-0.3, -0.25) is 9.59 Å². The highest BCUT2D eigenvalue weighted by Crippen LogP contribution is 2.15. The molecule has 0 aliphatic heterocycles. The number of hydrogen-bond donors (Lipinski definition) is 3. The SMILES string of the molecule is O=C(O)Cc1cccc(NC(=O)c2cnc3ccc(NCc4ccc(F)cc4)nn23)c1. The molecule has 0 saturated carbocycles. The van der Waals surface area contributed by atoms with Crippen LogP contribution in [0.5, 0.6) is 0 Å². The fraction of sp³-hybridized carbons (Fsp3) is 0.0909. The molecule has 156 valence electrons. The average Bonchev–Trinajstić information content (AvgIpc) is 3.16. The molecule has 1 amide bonds. The van der Waals surface area contributed by atoms with E-state index >= 15 is 0 Å². The van der Waals surface area contributed by atoms with Gasteiger partial charge >= 0.3 is 5.97 Å². The summed E-state index contributed by atoms with van der Waals surface area (Å²) in [5, 5.41) is 19.2. The molecule has 0 saturated heterocycles. The minimum absolute atomic E-state index is 0.135. The normalized spacial score (nSPS) is 10.7. The zero-order valence-corrected chi connectivity index (χ0v) is 16.2. The van der Waals surface area contributed by atoms with Gasteiger partial charge in [0.2, 0.25) is 0 Å². The van der Waals surface area contributed by atoms with E-state index in [0.717, 1.165) is 5.56 Å². The summed E-state index contributed by atoms with van der Waals surface area (Å²) in [6.45, 7) is 0.436. The Labute approximate surface area is 176 Å². The van der Waals surface area contributed by atoms with E-state index in [4.69, 9.17) is 5.11 Å². The van der Waals surface area contributed by atoms with Crippen molar-refractivity contribution in [1.29, 1.82) is 0 Å². The summed E-state index contributed by atoms with van der Waals surface area (Å²) < 4.78 is 14.5. The van der Waals surface area contributed by atoms with Crippen LogP contribution >= 0.6 is 0 Å². The Hall–Kier alpha value is -4.27. The van der Waals surface area contributed by atoms with E-state index in [9.17, 15) is 14.0 Å². The summed E-state index contributed by atoms with van der Waals surface area (Å²) in [4.78, 5) is 27.9. The summed E-state index contributed by atoms with van der Waals surface area (Å²) >= 11 is 0. The summed E-state index contributed by atoms with van der Waals surface area (Å²) in [5.74, 6) is -1.16. The number of anilines is 2. The van der Waals surface area contributed by atoms with Gasteiger partial charge in [-0.05, 0) is 47.5 Å². The van der Waals surface area contributed by atoms with Crippen molar-refractivity contribution in [3.63, 3.8) is 0 Å². The molecule has 0 radical (unpaired) electrons. The van der Waals surface area contributed by atoms with Crippen LogP contribution in [-0.4, -0.2) is 31.6 Å². The Bertz CT molecular complexity index is 1250. The second-order valence-corrected chi connectivity index (χ2v) is 6.84. The first-order chi connectivity index (χ1) is 15.0. The topological polar surface area (TPSA) is 109 Å². The summed E-state index contributed by atoms with van der Waals surface area (Å²) in [5.41, 5.74) is 2.66. The maximum atomic E-state index is 13.0. The number of nitrogens with zero attached hydrogens (tertiary/aromatic N) is 3. The van der Waals surface area contributed by atoms with Crippen molar-refractivity contribution in [3.8, 4) is 0 Å². The lowest BCUT2D eigenvalue weighted by Crippen LogP contribution is -2.16. The first kappa shape index (κ1) is 20.0. The van der Waals surface area contributed by atoms with Gasteiger partial charge < -0.3 is 15.7 Å². The zero-order chi connectivity index (χ0) is 21.8. The summed E-state index contributed by atoms with van der Waals surface area (Å²) in [7, 11) is 0. The maximum absolute atomic E-state index is 13.0. The molecule has 4 aromatic rings. The van der Waals surface area contributed by atoms with Gasteiger partial charge in [0.15, 0.2) is 11.3 Å². The minimum atomic E-state index is -0.949. The Morgan fingerprint density at radius 1 is 1.03 bits per heavy atom. The number of halogens is 1. The number of fused-ring (bicyclic) bond motifs is 1. The molecular weight excluding hydrogens is 401 g/mol. The lowest BCUT2D eigenvalue weighted by molar-refractivity contribution is -0.136. The van der Waals surface area contributed by atoms with Gasteiger partial charge in [-0.1, -0.05) is 24.3 Å². The fourth-order valence-electron chi connectivity index (χ4n) is 3.05. The summed E-state index contributed by atoms with van der Waals surface area (Å²) in [6, 6.07) is 16.2. The molecule has 31 heavy (non-hydrogen) atoms. The number of carbonyl (C=O) groups is 2. The Morgan fingerprint density at radius 3 is 2.61 bits per heavy atom. The predicted molar refractivity (Wildman–Crippen MR) is 112 cm³/mol. The Kier molecular flexibility index (Phi) is 5.57. The number of hydrogen-bond acceptors (Lipinski definition) is 5. The van der Waals surface area contributed by atoms with Crippen LogP contribution in [0.25, 0.3) is 5.65 Å². The van der Waals surface area contributed by atoms with E-state index in [1.165, 1.54) is 22.8 Å². The van der Waals surface area contributed by atoms with Crippen LogP contribution in [0.3, 0.4) is 0 Å². The number of carbonyl (C=O) groups excluding carboxylic acids is 1. The third-order valence-corrected chi connectivity index (χ3v) is 4.52. The smallest absolute Gasteiger partial charge is 0.307 e. The largest absolute Gasteiger partial charge is 0.481 e. The number of amides is 1. The number of benzene rings is 2. The number of aromatic nitrogens is 3. The van der Waals surface area contributed by atoms with Crippen LogP contribution in [0.4, 0.5) is 15.9 Å². The second kappa shape index (κ2) is 8.62. The average molecular weight is 419 g/mol. The standard InChI is InChI=1S/C22H18FN5O3/c23-16-6-4-14(5-7-16)12-24-19-8-9-20-25-13-18(28(20)27-19)22(31)26-17-3-1-2-15(10-17)11-21(29)30/h1-10,13H,11-12H2,(H,24,27)(H,26,31)(H,29,30). The second-order valence-electron chi connectivity index (χ2n) is 6.84. The lowest BCUT2D eigenvalue weighted by atomic mass is 10.1. The van der Waals surface area contributed by atoms with Crippen LogP contribution in [0.15, 0.2) is 66.9 Å². The van der Waals surface area contributed by atoms with Crippen LogP contribution in [0.1, 0.15) is 21.6 Å². The van der Waals surface area contributed by atoms with E-state index in [1.54, 1.807) is 48.5 Å². The van der Waals surface area contributed by atoms with Crippen molar-refractivity contribution >= 4 is 29.0 Å². The molecule has 0 fully saturated rings. The van der Waals surface area contributed by atoms with Gasteiger partial charge in [-0.2, -0.15) is 0 Å². The maximum Gasteiger partial charge on any atom is 0.307 e. The summed E-state index contributed by atoms with van der Waals surface area (Å²) in [6.07, 6.45) is 1.28. The van der Waals surface area contributed by atoms with Gasteiger partial charge in [0.05, 0.1) is 12.6 Å². The molecule has 3 N–H and O–H groups in total. The molecule has 4 rings (SSSR count). The molecular formula is C22H18FN5O3. The highest BCUT2D eigenvalue weighted by molar-refractivity contribution is 6.03. The van der Waals surface area contributed by atoms with Gasteiger partial charge in [0, 0.05) is 12.2 Å². The molecule has 0 spiro atoms. The molecule has 0 unspecified atom stereocenters. The third-order valence-electron chi connectivity index (χ3n) is 4.52. The molecule has 2 heterocycles. The van der Waals surface area contributed by atoms with Crippen LogP contribution < -0.4 is 10.6 Å². The van der Waals surface area contributed by atoms with Crippen molar-refractivity contribution in [3.05, 3.63) is 89.5 Å². The molecule has 8 nitrogen and oxygen atoms in total. The lowest BCUT2D eigenvalue weighted by Gasteiger charge is -2.08. The third kappa shape index (κ3) is 4.84. The van der Waals surface area contributed by atoms with Crippen LogP contribution in [-0.2, 0) is 17.8 Å². The van der Waals surface area contributed by atoms with Crippen LogP contribution in [0.2, 0.25) is 0 Å². The van der Waals surface area contributed by atoms with Gasteiger partial charge in [0.1, 0.15) is 11.6 Å². The molecule has 0 aliphatic rings. The molecule has 2 aromatic carbocycles. The van der Waals surface area contributed by atoms with Crippen molar-refractivity contribution in [2.45, 2.75) is 13.0 Å². The first-order valence-corrected chi connectivity index (χ1v) is 9.43. The van der Waals surface area contributed by atoms with Crippen molar-refractivity contribution < 1.29 is 19.1 Å². The molecule has 0 bridgehead atoms. The van der Waals surface area contributed by atoms with Gasteiger partial charge in [0.25, 0.3) is 5.91 Å². The number of carboxylic acid groups (broad SMARTS) is 1. The Balaban J connectivity index is 1.51. The van der Waals surface area contributed by atoms with Gasteiger partial charge in [-0.25, -0.2) is 13.9 Å². The number of nitrogens with one attached hydrogen (secondary N) is 2. The Morgan fingerprint density at radius 2 is 1.84 bits per heavy atom. The number of imidazole rings is 1. The number of aliphatic carboxylic acids is 1. The van der Waals surface area contributed by atoms with E-state index in [-0.39, 0.29) is 17.9 Å². The van der Waals surface area contributed by atoms with E-state index in [0.29, 0.717) is 29.3 Å². The fourth-order valence-corrected chi connectivity index (χ4v) is 3.05. The van der Waals surface area contributed by atoms with Crippen molar-refractivity contribution in [2.75, 3.05) is 10.6 Å². The number of rotatable bonds is 7. The molecule has 9 heteroatoms. The van der Waals surface area contributed by atoms with Crippen molar-refractivity contribution in [2.24, 2.45) is 0 Å². The van der Waals surface area contributed by atoms with E-state index in [2.05, 4.69) is 20.7 Å². The van der Waals surface area contributed by atoms with E-state index in [1.807, 2.05) is 0 Å². The highest BCUT2D eigenvalue weighted by Gasteiger charge is 2.14. The molecule has 2 aromatic heterocycles. The van der Waals surface area contributed by atoms with E-state index < -0.39 is 11.9 Å². The van der Waals surface area contributed by atoms with Crippen LogP contribution in [0, 0.1) is 5.82 Å². The quantitative estimate of drug-likeness (QED) is 0.424. The monoisotopic (exact) mass is 419 g/mol. The molecule has 0 aliphatic carbocycles. The van der Waals surface area contributed by atoms with Crippen molar-refractivity contribution in [1.82, 2.24) is 14.6 Å². The highest BCUT2D eigenvalue weighted by atomic mass is 19.1. The minimum Gasteiger partial charge on any atom is -0.481 e. The van der Waals surface area contributed by atoms with Gasteiger partial charge in [-0.15, -0.1) is 5.10 Å². The zero-order valence-electron chi connectivity index (χ0n) is 16.2. The predicted octanol–water partition coefficient (Wildman–Crippen LogP) is 3.36.